The maximum atomic E-state index is 12.9. The van der Waals surface area contributed by atoms with Crippen molar-refractivity contribution in [2.75, 3.05) is 40.4 Å². The molecule has 1 aromatic carbocycles. The fraction of sp³-hybridized carbons (Fsp3) is 0.588. The Morgan fingerprint density at radius 3 is 2.60 bits per heavy atom. The maximum Gasteiger partial charge on any atom is 0.253 e. The Labute approximate surface area is 154 Å². The molecule has 1 saturated heterocycles. The van der Waals surface area contributed by atoms with Crippen LogP contribution in [-0.2, 0) is 14.8 Å². The third-order valence-corrected chi connectivity index (χ3v) is 6.68. The molecule has 1 aromatic rings. The van der Waals surface area contributed by atoms with Gasteiger partial charge in [-0.25, -0.2) is 8.42 Å². The van der Waals surface area contributed by atoms with Gasteiger partial charge in [0.25, 0.3) is 5.91 Å². The zero-order valence-corrected chi connectivity index (χ0v) is 16.3. The SMILES string of the molecule is COCCCN(C)C(=O)c1ccc(Cl)c(S(=O)(=O)N2CCCCC2)c1. The summed E-state index contributed by atoms with van der Waals surface area (Å²) in [5.74, 6) is -0.233. The van der Waals surface area contributed by atoms with Crippen molar-refractivity contribution in [1.82, 2.24) is 9.21 Å². The largest absolute Gasteiger partial charge is 0.385 e. The number of hydrogen-bond donors (Lipinski definition) is 0. The van der Waals surface area contributed by atoms with Crippen molar-refractivity contribution < 1.29 is 17.9 Å². The monoisotopic (exact) mass is 388 g/mol. The number of benzene rings is 1. The van der Waals surface area contributed by atoms with Crippen molar-refractivity contribution in [1.29, 1.82) is 0 Å². The zero-order valence-electron chi connectivity index (χ0n) is 14.7. The van der Waals surface area contributed by atoms with Gasteiger partial charge in [0.15, 0.2) is 0 Å². The van der Waals surface area contributed by atoms with Crippen LogP contribution in [0.25, 0.3) is 0 Å². The highest BCUT2D eigenvalue weighted by atomic mass is 35.5. The Hall–Kier alpha value is -1.15. The zero-order chi connectivity index (χ0) is 18.4. The molecule has 1 aliphatic rings. The predicted octanol–water partition coefficient (Wildman–Crippen LogP) is 2.62. The van der Waals surface area contributed by atoms with Crippen LogP contribution in [-0.4, -0.2) is 63.9 Å². The van der Waals surface area contributed by atoms with Crippen molar-refractivity contribution >= 4 is 27.5 Å². The van der Waals surface area contributed by atoms with Crippen LogP contribution in [0.3, 0.4) is 0 Å². The molecule has 0 N–H and O–H groups in total. The average Bonchev–Trinajstić information content (AvgIpc) is 2.62. The molecule has 6 nitrogen and oxygen atoms in total. The molecule has 0 saturated carbocycles. The third kappa shape index (κ3) is 4.94. The predicted molar refractivity (Wildman–Crippen MR) is 97.5 cm³/mol. The summed E-state index contributed by atoms with van der Waals surface area (Å²) in [5, 5.41) is 0.143. The van der Waals surface area contributed by atoms with E-state index in [1.165, 1.54) is 16.4 Å². The van der Waals surface area contributed by atoms with Gasteiger partial charge in [0.1, 0.15) is 4.90 Å². The summed E-state index contributed by atoms with van der Waals surface area (Å²) in [7, 11) is -0.389. The van der Waals surface area contributed by atoms with Gasteiger partial charge < -0.3 is 9.64 Å². The van der Waals surface area contributed by atoms with E-state index in [0.29, 0.717) is 38.2 Å². The number of ether oxygens (including phenoxy) is 1. The van der Waals surface area contributed by atoms with Gasteiger partial charge in [0.2, 0.25) is 10.0 Å². The molecule has 8 heteroatoms. The molecule has 1 heterocycles. The fourth-order valence-electron chi connectivity index (χ4n) is 2.85. The fourth-order valence-corrected chi connectivity index (χ4v) is 4.86. The first kappa shape index (κ1) is 20.2. The molecule has 0 unspecified atom stereocenters. The van der Waals surface area contributed by atoms with E-state index in [1.807, 2.05) is 0 Å². The lowest BCUT2D eigenvalue weighted by molar-refractivity contribution is 0.0779. The lowest BCUT2D eigenvalue weighted by atomic mass is 10.2. The van der Waals surface area contributed by atoms with E-state index in [0.717, 1.165) is 19.3 Å². The summed E-state index contributed by atoms with van der Waals surface area (Å²) in [6.07, 6.45) is 3.44. The molecule has 140 valence electrons. The summed E-state index contributed by atoms with van der Waals surface area (Å²) in [5.41, 5.74) is 0.319. The van der Waals surface area contributed by atoms with Crippen LogP contribution in [0.2, 0.25) is 5.02 Å². The summed E-state index contributed by atoms with van der Waals surface area (Å²) in [6.45, 7) is 2.08. The molecule has 0 radical (unpaired) electrons. The number of hydrogen-bond acceptors (Lipinski definition) is 4. The Morgan fingerprint density at radius 1 is 1.28 bits per heavy atom. The molecule has 0 atom stereocenters. The number of halogens is 1. The molecule has 0 aromatic heterocycles. The quantitative estimate of drug-likeness (QED) is 0.673. The summed E-state index contributed by atoms with van der Waals surface area (Å²) in [6, 6.07) is 4.43. The van der Waals surface area contributed by atoms with E-state index < -0.39 is 10.0 Å². The van der Waals surface area contributed by atoms with E-state index in [1.54, 1.807) is 25.1 Å². The van der Waals surface area contributed by atoms with Crippen LogP contribution < -0.4 is 0 Å². The molecule has 0 aliphatic carbocycles. The second kappa shape index (κ2) is 8.98. The van der Waals surface area contributed by atoms with Crippen molar-refractivity contribution in [3.05, 3.63) is 28.8 Å². The topological polar surface area (TPSA) is 66.9 Å². The van der Waals surface area contributed by atoms with E-state index in [-0.39, 0.29) is 15.8 Å². The van der Waals surface area contributed by atoms with Crippen LogP contribution in [0.15, 0.2) is 23.1 Å². The molecule has 1 fully saturated rings. The highest BCUT2D eigenvalue weighted by molar-refractivity contribution is 7.89. The Morgan fingerprint density at radius 2 is 1.96 bits per heavy atom. The summed E-state index contributed by atoms with van der Waals surface area (Å²) in [4.78, 5) is 14.1. The normalized spacial score (nSPS) is 16.0. The first-order chi connectivity index (χ1) is 11.9. The first-order valence-electron chi connectivity index (χ1n) is 8.42. The van der Waals surface area contributed by atoms with Crippen LogP contribution in [0.1, 0.15) is 36.0 Å². The number of carbonyl (C=O) groups excluding carboxylic acids is 1. The van der Waals surface area contributed by atoms with Gasteiger partial charge in [0.05, 0.1) is 5.02 Å². The van der Waals surface area contributed by atoms with Crippen molar-refractivity contribution in [3.63, 3.8) is 0 Å². The Balaban J connectivity index is 2.23. The number of sulfonamides is 1. The second-order valence-electron chi connectivity index (χ2n) is 6.18. The molecular formula is C17H25ClN2O4S. The molecule has 1 amide bonds. The molecule has 0 spiro atoms. The van der Waals surface area contributed by atoms with E-state index in [2.05, 4.69) is 0 Å². The van der Waals surface area contributed by atoms with Gasteiger partial charge in [-0.05, 0) is 37.5 Å². The van der Waals surface area contributed by atoms with E-state index in [4.69, 9.17) is 16.3 Å². The molecule has 25 heavy (non-hydrogen) atoms. The smallest absolute Gasteiger partial charge is 0.253 e. The highest BCUT2D eigenvalue weighted by Gasteiger charge is 2.29. The standard InChI is InChI=1S/C17H25ClN2O4S/c1-19(9-6-12-24-2)17(21)14-7-8-15(18)16(13-14)25(22,23)20-10-4-3-5-11-20/h7-8,13H,3-6,9-12H2,1-2H3. The van der Waals surface area contributed by atoms with Crippen LogP contribution >= 0.6 is 11.6 Å². The van der Waals surface area contributed by atoms with Crippen LogP contribution in [0, 0.1) is 0 Å². The Bertz CT molecular complexity index is 703. The van der Waals surface area contributed by atoms with Crippen molar-refractivity contribution in [2.24, 2.45) is 0 Å². The second-order valence-corrected chi connectivity index (χ2v) is 8.50. The molecule has 0 bridgehead atoms. The lowest BCUT2D eigenvalue weighted by Crippen LogP contribution is -2.36. The van der Waals surface area contributed by atoms with Crippen molar-refractivity contribution in [2.45, 2.75) is 30.6 Å². The minimum atomic E-state index is -3.68. The van der Waals surface area contributed by atoms with Crippen molar-refractivity contribution in [3.8, 4) is 0 Å². The first-order valence-corrected chi connectivity index (χ1v) is 10.2. The third-order valence-electron chi connectivity index (χ3n) is 4.30. The minimum Gasteiger partial charge on any atom is -0.385 e. The number of methoxy groups -OCH3 is 1. The molecular weight excluding hydrogens is 364 g/mol. The summed E-state index contributed by atoms with van der Waals surface area (Å²) >= 11 is 6.14. The molecule has 2 rings (SSSR count). The van der Waals surface area contributed by atoms with E-state index in [9.17, 15) is 13.2 Å². The number of piperidine rings is 1. The number of rotatable bonds is 7. The lowest BCUT2D eigenvalue weighted by Gasteiger charge is -2.26. The van der Waals surface area contributed by atoms with Gasteiger partial charge in [-0.15, -0.1) is 0 Å². The van der Waals surface area contributed by atoms with Crippen LogP contribution in [0.4, 0.5) is 0 Å². The number of nitrogens with zero attached hydrogens (tertiary/aromatic N) is 2. The summed E-state index contributed by atoms with van der Waals surface area (Å²) < 4.78 is 32.2. The van der Waals surface area contributed by atoms with E-state index >= 15 is 0 Å². The number of amides is 1. The van der Waals surface area contributed by atoms with Gasteiger partial charge in [0, 0.05) is 46.0 Å². The average molecular weight is 389 g/mol. The Kier molecular flexibility index (Phi) is 7.25. The minimum absolute atomic E-state index is 0.00667. The van der Waals surface area contributed by atoms with Gasteiger partial charge >= 0.3 is 0 Å². The number of carbonyl (C=O) groups is 1. The molecule has 1 aliphatic heterocycles. The van der Waals surface area contributed by atoms with Gasteiger partial charge in [-0.2, -0.15) is 4.31 Å². The van der Waals surface area contributed by atoms with Crippen LogP contribution in [0.5, 0.6) is 0 Å². The van der Waals surface area contributed by atoms with Gasteiger partial charge in [-0.3, -0.25) is 4.79 Å². The maximum absolute atomic E-state index is 12.9. The highest BCUT2D eigenvalue weighted by Crippen LogP contribution is 2.28. The van der Waals surface area contributed by atoms with Gasteiger partial charge in [-0.1, -0.05) is 18.0 Å².